The molecule has 0 spiro atoms. The van der Waals surface area contributed by atoms with E-state index in [0.717, 1.165) is 16.5 Å². The van der Waals surface area contributed by atoms with Crippen LogP contribution in [0.15, 0.2) is 42.5 Å². The van der Waals surface area contributed by atoms with Crippen molar-refractivity contribution in [2.75, 3.05) is 11.1 Å². The Hall–Kier alpha value is -2.82. The molecule has 1 amide bonds. The highest BCUT2D eigenvalue weighted by Gasteiger charge is 2.18. The van der Waals surface area contributed by atoms with Crippen LogP contribution in [0, 0.1) is 6.92 Å². The second kappa shape index (κ2) is 4.94. The van der Waals surface area contributed by atoms with Crippen molar-refractivity contribution in [3.05, 3.63) is 53.9 Å². The predicted molar refractivity (Wildman–Crippen MR) is 84.3 cm³/mol. The number of fused-ring (bicyclic) bond motifs is 1. The lowest BCUT2D eigenvalue weighted by Crippen LogP contribution is -2.17. The lowest BCUT2D eigenvalue weighted by Gasteiger charge is -2.09. The van der Waals surface area contributed by atoms with Crippen molar-refractivity contribution in [2.24, 2.45) is 7.05 Å². The van der Waals surface area contributed by atoms with Gasteiger partial charge in [0.2, 0.25) is 0 Å². The molecule has 5 heteroatoms. The summed E-state index contributed by atoms with van der Waals surface area (Å²) in [6.07, 6.45) is 0. The number of hydrogen-bond acceptors (Lipinski definition) is 3. The van der Waals surface area contributed by atoms with E-state index in [1.165, 1.54) is 4.68 Å². The maximum absolute atomic E-state index is 12.5. The first-order valence-electron chi connectivity index (χ1n) is 6.66. The zero-order valence-corrected chi connectivity index (χ0v) is 11.9. The van der Waals surface area contributed by atoms with Crippen LogP contribution < -0.4 is 11.1 Å². The average Bonchev–Trinajstić information content (AvgIpc) is 2.72. The normalized spacial score (nSPS) is 10.8. The quantitative estimate of drug-likeness (QED) is 0.758. The van der Waals surface area contributed by atoms with E-state index in [1.807, 2.05) is 42.5 Å². The molecule has 0 fully saturated rings. The maximum atomic E-state index is 12.5. The minimum absolute atomic E-state index is 0.257. The van der Waals surface area contributed by atoms with Gasteiger partial charge in [-0.1, -0.05) is 36.4 Å². The highest BCUT2D eigenvalue weighted by Crippen LogP contribution is 2.24. The van der Waals surface area contributed by atoms with Gasteiger partial charge in [0.25, 0.3) is 5.91 Å². The summed E-state index contributed by atoms with van der Waals surface area (Å²) in [5.74, 6) is -0.257. The van der Waals surface area contributed by atoms with Gasteiger partial charge in [0.1, 0.15) is 5.69 Å². The van der Waals surface area contributed by atoms with Crippen LogP contribution in [0.25, 0.3) is 10.8 Å². The summed E-state index contributed by atoms with van der Waals surface area (Å²) in [7, 11) is 1.71. The van der Waals surface area contributed by atoms with Gasteiger partial charge < -0.3 is 11.1 Å². The van der Waals surface area contributed by atoms with Gasteiger partial charge in [-0.25, -0.2) is 0 Å². The average molecular weight is 280 g/mol. The summed E-state index contributed by atoms with van der Waals surface area (Å²) >= 11 is 0. The van der Waals surface area contributed by atoms with Gasteiger partial charge in [0.15, 0.2) is 0 Å². The van der Waals surface area contributed by atoms with Crippen molar-refractivity contribution in [1.82, 2.24) is 9.78 Å². The van der Waals surface area contributed by atoms with E-state index in [1.54, 1.807) is 14.0 Å². The number of anilines is 2. The minimum Gasteiger partial charge on any atom is -0.395 e. The summed E-state index contributed by atoms with van der Waals surface area (Å²) in [5, 5.41) is 9.15. The minimum atomic E-state index is -0.257. The number of nitrogen functional groups attached to an aromatic ring is 1. The van der Waals surface area contributed by atoms with Crippen molar-refractivity contribution in [3.63, 3.8) is 0 Å². The van der Waals surface area contributed by atoms with Crippen LogP contribution in [0.2, 0.25) is 0 Å². The molecular weight excluding hydrogens is 264 g/mol. The number of aromatic nitrogens is 2. The highest BCUT2D eigenvalue weighted by molar-refractivity contribution is 6.10. The van der Waals surface area contributed by atoms with Crippen LogP contribution in [-0.4, -0.2) is 15.7 Å². The van der Waals surface area contributed by atoms with Crippen molar-refractivity contribution in [1.29, 1.82) is 0 Å². The van der Waals surface area contributed by atoms with E-state index in [4.69, 9.17) is 5.73 Å². The topological polar surface area (TPSA) is 72.9 Å². The molecule has 1 heterocycles. The Morgan fingerprint density at radius 1 is 1.19 bits per heavy atom. The number of benzene rings is 2. The lowest BCUT2D eigenvalue weighted by atomic mass is 10.1. The van der Waals surface area contributed by atoms with Crippen molar-refractivity contribution >= 4 is 28.1 Å². The molecule has 3 rings (SSSR count). The fraction of sp³-hybridized carbons (Fsp3) is 0.125. The molecular formula is C16H16N4O. The third-order valence-electron chi connectivity index (χ3n) is 3.52. The summed E-state index contributed by atoms with van der Waals surface area (Å²) in [6, 6.07) is 13.7. The van der Waals surface area contributed by atoms with Crippen LogP contribution in [0.3, 0.4) is 0 Å². The lowest BCUT2D eigenvalue weighted by molar-refractivity contribution is 0.101. The van der Waals surface area contributed by atoms with Gasteiger partial charge in [-0.3, -0.25) is 9.48 Å². The fourth-order valence-electron chi connectivity index (χ4n) is 2.46. The second-order valence-electron chi connectivity index (χ2n) is 4.95. The Labute approximate surface area is 122 Å². The van der Waals surface area contributed by atoms with Crippen molar-refractivity contribution in [3.8, 4) is 0 Å². The number of carbonyl (C=O) groups is 1. The molecule has 0 radical (unpaired) electrons. The molecule has 1 aromatic heterocycles. The van der Waals surface area contributed by atoms with Gasteiger partial charge in [-0.15, -0.1) is 0 Å². The summed E-state index contributed by atoms with van der Waals surface area (Å²) in [6.45, 7) is 1.78. The first-order valence-corrected chi connectivity index (χ1v) is 6.66. The summed E-state index contributed by atoms with van der Waals surface area (Å²) < 4.78 is 1.51. The molecule has 3 N–H and O–H groups in total. The maximum Gasteiger partial charge on any atom is 0.276 e. The Morgan fingerprint density at radius 2 is 1.90 bits per heavy atom. The number of nitrogens with two attached hydrogens (primary N) is 1. The zero-order valence-electron chi connectivity index (χ0n) is 11.9. The van der Waals surface area contributed by atoms with E-state index in [-0.39, 0.29) is 5.91 Å². The van der Waals surface area contributed by atoms with E-state index in [2.05, 4.69) is 10.4 Å². The monoisotopic (exact) mass is 280 g/mol. The molecule has 0 aliphatic heterocycles. The SMILES string of the molecule is Cc1nn(C)c(C(=O)Nc2cccc3ccccc23)c1N. The molecule has 0 aliphatic carbocycles. The van der Waals surface area contributed by atoms with Gasteiger partial charge in [-0.05, 0) is 18.4 Å². The molecule has 0 aliphatic rings. The fourth-order valence-corrected chi connectivity index (χ4v) is 2.46. The van der Waals surface area contributed by atoms with Crippen molar-refractivity contribution < 1.29 is 4.79 Å². The molecule has 3 aromatic rings. The molecule has 0 saturated carbocycles. The predicted octanol–water partition coefficient (Wildman–Crippen LogP) is 2.72. The molecule has 0 bridgehead atoms. The number of aryl methyl sites for hydroxylation is 2. The molecule has 21 heavy (non-hydrogen) atoms. The van der Waals surface area contributed by atoms with Crippen LogP contribution in [0.5, 0.6) is 0 Å². The number of carbonyl (C=O) groups excluding carboxylic acids is 1. The van der Waals surface area contributed by atoms with Crippen LogP contribution >= 0.6 is 0 Å². The third-order valence-corrected chi connectivity index (χ3v) is 3.52. The Morgan fingerprint density at radius 3 is 2.62 bits per heavy atom. The largest absolute Gasteiger partial charge is 0.395 e. The standard InChI is InChI=1S/C16H16N4O/c1-10-14(17)15(20(2)19-10)16(21)18-13-9-5-7-11-6-3-4-8-12(11)13/h3-9H,17H2,1-2H3,(H,18,21). The molecule has 5 nitrogen and oxygen atoms in total. The Kier molecular flexibility index (Phi) is 3.10. The third kappa shape index (κ3) is 2.23. The molecule has 0 unspecified atom stereocenters. The van der Waals surface area contributed by atoms with Gasteiger partial charge >= 0.3 is 0 Å². The number of nitrogens with one attached hydrogen (secondary N) is 1. The van der Waals surface area contributed by atoms with Crippen LogP contribution in [0.1, 0.15) is 16.2 Å². The van der Waals surface area contributed by atoms with Crippen molar-refractivity contribution in [2.45, 2.75) is 6.92 Å². The highest BCUT2D eigenvalue weighted by atomic mass is 16.2. The van der Waals surface area contributed by atoms with Gasteiger partial charge in [0, 0.05) is 18.1 Å². The second-order valence-corrected chi connectivity index (χ2v) is 4.95. The number of nitrogens with zero attached hydrogens (tertiary/aromatic N) is 2. The van der Waals surface area contributed by atoms with Crippen LogP contribution in [-0.2, 0) is 7.05 Å². The molecule has 0 atom stereocenters. The van der Waals surface area contributed by atoms with E-state index >= 15 is 0 Å². The molecule has 106 valence electrons. The number of hydrogen-bond donors (Lipinski definition) is 2. The van der Waals surface area contributed by atoms with E-state index < -0.39 is 0 Å². The van der Waals surface area contributed by atoms with Gasteiger partial charge in [0.05, 0.1) is 11.4 Å². The molecule has 0 saturated heterocycles. The Balaban J connectivity index is 2.01. The number of rotatable bonds is 2. The molecule has 2 aromatic carbocycles. The van der Waals surface area contributed by atoms with Gasteiger partial charge in [-0.2, -0.15) is 5.10 Å². The van der Waals surface area contributed by atoms with Crippen LogP contribution in [0.4, 0.5) is 11.4 Å². The first-order chi connectivity index (χ1) is 10.1. The Bertz CT molecular complexity index is 830. The first kappa shape index (κ1) is 13.2. The van der Waals surface area contributed by atoms with E-state index in [9.17, 15) is 4.79 Å². The smallest absolute Gasteiger partial charge is 0.276 e. The summed E-state index contributed by atoms with van der Waals surface area (Å²) in [4.78, 5) is 12.5. The summed E-state index contributed by atoms with van der Waals surface area (Å²) in [5.41, 5.74) is 8.13. The number of amides is 1. The van der Waals surface area contributed by atoms with E-state index in [0.29, 0.717) is 17.1 Å². The zero-order chi connectivity index (χ0) is 15.0.